The highest BCUT2D eigenvalue weighted by Gasteiger charge is 2.22. The van der Waals surface area contributed by atoms with Gasteiger partial charge in [-0.1, -0.05) is 18.2 Å². The molecule has 0 radical (unpaired) electrons. The van der Waals surface area contributed by atoms with E-state index < -0.39 is 0 Å². The zero-order chi connectivity index (χ0) is 17.6. The minimum absolute atomic E-state index is 0.143. The number of hydrogen-bond donors (Lipinski definition) is 2. The minimum Gasteiger partial charge on any atom is -0.378 e. The molecule has 2 N–H and O–H groups in total. The molecule has 0 unspecified atom stereocenters. The van der Waals surface area contributed by atoms with Crippen LogP contribution in [0.3, 0.4) is 0 Å². The Hall–Kier alpha value is -2.69. The van der Waals surface area contributed by atoms with Gasteiger partial charge in [-0.2, -0.15) is 0 Å². The Labute approximate surface area is 149 Å². The van der Waals surface area contributed by atoms with Crippen LogP contribution in [0.25, 0.3) is 0 Å². The Kier molecular flexibility index (Phi) is 5.43. The molecule has 1 aliphatic rings. The number of benzene rings is 2. The molecule has 3 rings (SSSR count). The lowest BCUT2D eigenvalue weighted by molar-refractivity contribution is 0.250. The number of nitrogens with one attached hydrogen (secondary N) is 2. The van der Waals surface area contributed by atoms with E-state index in [1.807, 2.05) is 49.3 Å². The third-order valence-corrected chi connectivity index (χ3v) is 4.60. The maximum Gasteiger partial charge on any atom is 0.319 e. The SMILES string of the molecule is CN(C)c1ccc(NC(=O)NC[C@H]2CCN(c3ccccc3)C2)cc1. The van der Waals surface area contributed by atoms with Gasteiger partial charge >= 0.3 is 6.03 Å². The number of urea groups is 1. The average Bonchev–Trinajstić information content (AvgIpc) is 3.10. The van der Waals surface area contributed by atoms with Crippen molar-refractivity contribution in [2.45, 2.75) is 6.42 Å². The molecule has 0 bridgehead atoms. The summed E-state index contributed by atoms with van der Waals surface area (Å²) in [5.41, 5.74) is 3.17. The highest BCUT2D eigenvalue weighted by molar-refractivity contribution is 5.89. The molecule has 2 aromatic carbocycles. The third kappa shape index (κ3) is 4.66. The summed E-state index contributed by atoms with van der Waals surface area (Å²) in [6.45, 7) is 2.73. The van der Waals surface area contributed by atoms with Gasteiger partial charge in [0.15, 0.2) is 0 Å². The van der Waals surface area contributed by atoms with E-state index in [1.54, 1.807) is 0 Å². The molecule has 5 heteroatoms. The standard InChI is InChI=1S/C20H26N4O/c1-23(2)18-10-8-17(9-11-18)22-20(25)21-14-16-12-13-24(15-16)19-6-4-3-5-7-19/h3-11,16H,12-15H2,1-2H3,(H2,21,22,25)/t16-/m1/s1. The van der Waals surface area contributed by atoms with Crippen LogP contribution in [0, 0.1) is 5.92 Å². The molecule has 1 heterocycles. The first-order valence-corrected chi connectivity index (χ1v) is 8.74. The van der Waals surface area contributed by atoms with Crippen LogP contribution < -0.4 is 20.4 Å². The van der Waals surface area contributed by atoms with E-state index in [4.69, 9.17) is 0 Å². The number of para-hydroxylation sites is 1. The van der Waals surface area contributed by atoms with Gasteiger partial charge in [0.2, 0.25) is 0 Å². The van der Waals surface area contributed by atoms with Gasteiger partial charge in [-0.3, -0.25) is 0 Å². The molecule has 25 heavy (non-hydrogen) atoms. The number of rotatable bonds is 5. The predicted molar refractivity (Wildman–Crippen MR) is 105 cm³/mol. The number of amides is 2. The number of carbonyl (C=O) groups excluding carboxylic acids is 1. The Morgan fingerprint density at radius 3 is 2.52 bits per heavy atom. The third-order valence-electron chi connectivity index (χ3n) is 4.60. The van der Waals surface area contributed by atoms with Crippen molar-refractivity contribution in [3.8, 4) is 0 Å². The Bertz CT molecular complexity index is 685. The first-order chi connectivity index (χ1) is 12.1. The summed E-state index contributed by atoms with van der Waals surface area (Å²) < 4.78 is 0. The van der Waals surface area contributed by atoms with Crippen LogP contribution in [-0.4, -0.2) is 39.8 Å². The topological polar surface area (TPSA) is 47.6 Å². The van der Waals surface area contributed by atoms with Gasteiger partial charge in [0.1, 0.15) is 0 Å². The van der Waals surface area contributed by atoms with E-state index >= 15 is 0 Å². The highest BCUT2D eigenvalue weighted by atomic mass is 16.2. The van der Waals surface area contributed by atoms with Crippen LogP contribution in [0.5, 0.6) is 0 Å². The number of hydrogen-bond acceptors (Lipinski definition) is 3. The van der Waals surface area contributed by atoms with Crippen LogP contribution >= 0.6 is 0 Å². The van der Waals surface area contributed by atoms with Gasteiger partial charge in [-0.05, 0) is 48.7 Å². The van der Waals surface area contributed by atoms with Crippen molar-refractivity contribution in [2.75, 3.05) is 48.8 Å². The lowest BCUT2D eigenvalue weighted by atomic mass is 10.1. The Morgan fingerprint density at radius 2 is 1.84 bits per heavy atom. The first-order valence-electron chi connectivity index (χ1n) is 8.74. The monoisotopic (exact) mass is 338 g/mol. The summed E-state index contributed by atoms with van der Waals surface area (Å²) in [6, 6.07) is 18.1. The quantitative estimate of drug-likeness (QED) is 0.878. The molecular weight excluding hydrogens is 312 g/mol. The smallest absolute Gasteiger partial charge is 0.319 e. The van der Waals surface area contributed by atoms with Crippen LogP contribution in [0.4, 0.5) is 21.9 Å². The summed E-state index contributed by atoms with van der Waals surface area (Å²) in [6.07, 6.45) is 1.10. The summed E-state index contributed by atoms with van der Waals surface area (Å²) in [5, 5.41) is 5.89. The normalized spacial score (nSPS) is 16.6. The van der Waals surface area contributed by atoms with Crippen LogP contribution in [-0.2, 0) is 0 Å². The molecule has 1 aliphatic heterocycles. The van der Waals surface area contributed by atoms with Gasteiger partial charge in [0.05, 0.1) is 0 Å². The lowest BCUT2D eigenvalue weighted by Gasteiger charge is -2.18. The molecule has 0 aliphatic carbocycles. The zero-order valence-corrected chi connectivity index (χ0v) is 14.9. The summed E-state index contributed by atoms with van der Waals surface area (Å²) in [4.78, 5) is 16.5. The van der Waals surface area contributed by atoms with E-state index in [9.17, 15) is 4.79 Å². The molecular formula is C20H26N4O. The van der Waals surface area contributed by atoms with Crippen LogP contribution in [0.2, 0.25) is 0 Å². The molecule has 132 valence electrons. The van der Waals surface area contributed by atoms with Gasteiger partial charge in [-0.25, -0.2) is 4.79 Å². The van der Waals surface area contributed by atoms with Crippen molar-refractivity contribution < 1.29 is 4.79 Å². The fourth-order valence-corrected chi connectivity index (χ4v) is 3.13. The molecule has 1 atom stereocenters. The second-order valence-electron chi connectivity index (χ2n) is 6.71. The van der Waals surface area contributed by atoms with Crippen LogP contribution in [0.15, 0.2) is 54.6 Å². The average molecular weight is 338 g/mol. The number of anilines is 3. The van der Waals surface area contributed by atoms with E-state index in [0.29, 0.717) is 12.5 Å². The fraction of sp³-hybridized carbons (Fsp3) is 0.350. The zero-order valence-electron chi connectivity index (χ0n) is 14.9. The van der Waals surface area contributed by atoms with Gasteiger partial charge in [0, 0.05) is 50.8 Å². The molecule has 2 aromatic rings. The molecule has 0 saturated carbocycles. The maximum atomic E-state index is 12.1. The van der Waals surface area contributed by atoms with Crippen molar-refractivity contribution in [3.63, 3.8) is 0 Å². The Morgan fingerprint density at radius 1 is 1.12 bits per heavy atom. The minimum atomic E-state index is -0.143. The van der Waals surface area contributed by atoms with E-state index in [1.165, 1.54) is 5.69 Å². The predicted octanol–water partition coefficient (Wildman–Crippen LogP) is 3.40. The second kappa shape index (κ2) is 7.92. The first kappa shape index (κ1) is 17.1. The van der Waals surface area contributed by atoms with E-state index in [0.717, 1.165) is 30.9 Å². The number of carbonyl (C=O) groups is 1. The molecule has 1 saturated heterocycles. The van der Waals surface area contributed by atoms with Crippen molar-refractivity contribution in [1.29, 1.82) is 0 Å². The van der Waals surface area contributed by atoms with E-state index in [2.05, 4.69) is 39.8 Å². The number of nitrogens with zero attached hydrogens (tertiary/aromatic N) is 2. The van der Waals surface area contributed by atoms with Gasteiger partial charge in [-0.15, -0.1) is 0 Å². The maximum absolute atomic E-state index is 12.1. The van der Waals surface area contributed by atoms with Gasteiger partial charge in [0.25, 0.3) is 0 Å². The summed E-state index contributed by atoms with van der Waals surface area (Å²) in [7, 11) is 3.99. The van der Waals surface area contributed by atoms with Gasteiger partial charge < -0.3 is 20.4 Å². The Balaban J connectivity index is 1.43. The summed E-state index contributed by atoms with van der Waals surface area (Å²) >= 11 is 0. The molecule has 2 amide bonds. The van der Waals surface area contributed by atoms with Crippen molar-refractivity contribution in [2.24, 2.45) is 5.92 Å². The molecule has 0 aromatic heterocycles. The summed E-state index contributed by atoms with van der Waals surface area (Å²) in [5.74, 6) is 0.488. The lowest BCUT2D eigenvalue weighted by Crippen LogP contribution is -2.34. The fourth-order valence-electron chi connectivity index (χ4n) is 3.13. The highest BCUT2D eigenvalue weighted by Crippen LogP contribution is 2.23. The van der Waals surface area contributed by atoms with Crippen molar-refractivity contribution in [3.05, 3.63) is 54.6 Å². The van der Waals surface area contributed by atoms with Crippen molar-refractivity contribution in [1.82, 2.24) is 5.32 Å². The largest absolute Gasteiger partial charge is 0.378 e. The molecule has 0 spiro atoms. The van der Waals surface area contributed by atoms with Crippen molar-refractivity contribution >= 4 is 23.1 Å². The second-order valence-corrected chi connectivity index (χ2v) is 6.71. The van der Waals surface area contributed by atoms with Crippen LogP contribution in [0.1, 0.15) is 6.42 Å². The molecule has 1 fully saturated rings. The van der Waals surface area contributed by atoms with E-state index in [-0.39, 0.29) is 6.03 Å². The molecule has 5 nitrogen and oxygen atoms in total.